The van der Waals surface area contributed by atoms with Crippen molar-refractivity contribution in [1.29, 1.82) is 0 Å². The van der Waals surface area contributed by atoms with E-state index in [1.54, 1.807) is 23.5 Å². The summed E-state index contributed by atoms with van der Waals surface area (Å²) in [6.07, 6.45) is -0.692. The fraction of sp³-hybridized carbons (Fsp3) is 0.429. The van der Waals surface area contributed by atoms with Crippen LogP contribution in [-0.4, -0.2) is 97.3 Å². The van der Waals surface area contributed by atoms with E-state index < -0.39 is 12.2 Å². The number of hydrogen-bond acceptors (Lipinski definition) is 10. The van der Waals surface area contributed by atoms with Crippen molar-refractivity contribution >= 4 is 23.5 Å². The van der Waals surface area contributed by atoms with Crippen molar-refractivity contribution in [3.05, 3.63) is 119 Å². The highest BCUT2D eigenvalue weighted by molar-refractivity contribution is 7.99. The van der Waals surface area contributed by atoms with Crippen LogP contribution in [0.2, 0.25) is 0 Å². The van der Waals surface area contributed by atoms with Gasteiger partial charge in [0.1, 0.15) is 61.6 Å². The maximum absolute atomic E-state index is 10.3. The van der Waals surface area contributed by atoms with E-state index in [0.717, 1.165) is 58.5 Å². The molecule has 2 N–H and O–H groups in total. The Hall–Kier alpha value is -3.38. The zero-order chi connectivity index (χ0) is 36.1. The van der Waals surface area contributed by atoms with E-state index in [-0.39, 0.29) is 37.3 Å². The third kappa shape index (κ3) is 11.8. The Labute approximate surface area is 316 Å². The number of aliphatic hydroxyl groups is 2. The largest absolute Gasteiger partial charge is 0.491 e. The zero-order valence-corrected chi connectivity index (χ0v) is 31.6. The molecule has 0 aliphatic carbocycles. The second-order valence-corrected chi connectivity index (χ2v) is 15.7. The van der Waals surface area contributed by atoms with Crippen LogP contribution >= 0.6 is 23.5 Å². The number of hydrogen-bond donors (Lipinski definition) is 2. The van der Waals surface area contributed by atoms with Gasteiger partial charge in [-0.25, -0.2) is 0 Å². The van der Waals surface area contributed by atoms with Gasteiger partial charge in [0.25, 0.3) is 0 Å². The Morgan fingerprint density at radius 3 is 1.08 bits per heavy atom. The molecule has 6 rings (SSSR count). The average Bonchev–Trinajstić information content (AvgIpc) is 4.13. The van der Waals surface area contributed by atoms with Crippen molar-refractivity contribution in [3.63, 3.8) is 0 Å². The molecule has 0 radical (unpaired) electrons. The van der Waals surface area contributed by atoms with E-state index in [2.05, 4.69) is 62.4 Å². The van der Waals surface area contributed by atoms with Crippen LogP contribution < -0.4 is 18.9 Å². The molecule has 6 atom stereocenters. The van der Waals surface area contributed by atoms with Gasteiger partial charge >= 0.3 is 0 Å². The van der Waals surface area contributed by atoms with Gasteiger partial charge in [0.05, 0.1) is 25.4 Å². The van der Waals surface area contributed by atoms with Crippen LogP contribution in [0.4, 0.5) is 0 Å². The Morgan fingerprint density at radius 1 is 0.519 bits per heavy atom. The Balaban J connectivity index is 1.31. The molecule has 6 unspecified atom stereocenters. The van der Waals surface area contributed by atoms with Gasteiger partial charge < -0.3 is 38.6 Å². The van der Waals surface area contributed by atoms with Gasteiger partial charge in [-0.05, 0) is 82.3 Å². The first-order chi connectivity index (χ1) is 25.5. The van der Waals surface area contributed by atoms with Gasteiger partial charge in [-0.1, -0.05) is 62.4 Å². The topological polar surface area (TPSA) is 102 Å². The lowest BCUT2D eigenvalue weighted by Gasteiger charge is -2.30. The Bertz CT molecular complexity index is 1490. The van der Waals surface area contributed by atoms with Crippen LogP contribution in [0.1, 0.15) is 47.9 Å². The van der Waals surface area contributed by atoms with Gasteiger partial charge in [-0.2, -0.15) is 23.5 Å². The molecule has 8 nitrogen and oxygen atoms in total. The van der Waals surface area contributed by atoms with Crippen molar-refractivity contribution in [2.75, 3.05) is 62.7 Å². The molecule has 2 saturated heterocycles. The zero-order valence-electron chi connectivity index (χ0n) is 29.9. The average molecular weight is 747 g/mol. The number of aliphatic hydroxyl groups excluding tert-OH is 2. The molecule has 278 valence electrons. The van der Waals surface area contributed by atoms with Crippen molar-refractivity contribution < 1.29 is 38.6 Å². The highest BCUT2D eigenvalue weighted by Gasteiger charge is 2.30. The minimum absolute atomic E-state index is 0.0901. The fourth-order valence-corrected chi connectivity index (χ4v) is 7.14. The van der Waals surface area contributed by atoms with Crippen LogP contribution in [0.5, 0.6) is 23.0 Å². The van der Waals surface area contributed by atoms with Gasteiger partial charge in [0.2, 0.25) is 0 Å². The lowest BCUT2D eigenvalue weighted by Crippen LogP contribution is -2.20. The smallest absolute Gasteiger partial charge is 0.119 e. The van der Waals surface area contributed by atoms with E-state index in [0.29, 0.717) is 36.2 Å². The standard InChI is InChI=1S/C42H50O8S2/c1-3-51-27-33(43)21-45-35-13-5-29(6-14-35)41(31-9-17-37(18-10-31)47-23-39-25-49-39)42(32-11-19-38(20-12-32)48-24-40-26-50-40)30-7-15-36(16-8-30)46-22-34(44)28-52-4-2/h5-20,33-34,39-44H,3-4,21-28H2,1-2H3. The first kappa shape index (κ1) is 38.3. The third-order valence-electron chi connectivity index (χ3n) is 8.88. The van der Waals surface area contributed by atoms with Crippen LogP contribution in [0.25, 0.3) is 0 Å². The maximum Gasteiger partial charge on any atom is 0.119 e. The summed E-state index contributed by atoms with van der Waals surface area (Å²) in [6.45, 7) is 7.24. The van der Waals surface area contributed by atoms with Crippen molar-refractivity contribution in [1.82, 2.24) is 0 Å². The highest BCUT2D eigenvalue weighted by Crippen LogP contribution is 2.44. The van der Waals surface area contributed by atoms with Crippen molar-refractivity contribution in [3.8, 4) is 23.0 Å². The van der Waals surface area contributed by atoms with E-state index in [9.17, 15) is 10.2 Å². The summed E-state index contributed by atoms with van der Waals surface area (Å²) < 4.78 is 34.7. The lowest BCUT2D eigenvalue weighted by atomic mass is 9.73. The van der Waals surface area contributed by atoms with Crippen LogP contribution in [0, 0.1) is 0 Å². The molecular weight excluding hydrogens is 697 g/mol. The summed E-state index contributed by atoms with van der Waals surface area (Å²) in [5.41, 5.74) is 4.48. The monoisotopic (exact) mass is 746 g/mol. The number of thioether (sulfide) groups is 2. The third-order valence-corrected chi connectivity index (χ3v) is 10.9. The number of rotatable bonds is 23. The molecule has 0 saturated carbocycles. The number of ether oxygens (including phenoxy) is 6. The molecule has 2 heterocycles. The van der Waals surface area contributed by atoms with Gasteiger partial charge in [-0.3, -0.25) is 0 Å². The van der Waals surface area contributed by atoms with Crippen LogP contribution in [0.3, 0.4) is 0 Å². The summed E-state index contributed by atoms with van der Waals surface area (Å²) in [6, 6.07) is 33.1. The Morgan fingerprint density at radius 2 is 0.808 bits per heavy atom. The molecule has 0 aromatic heterocycles. The molecule has 0 bridgehead atoms. The number of benzene rings is 4. The van der Waals surface area contributed by atoms with Gasteiger partial charge in [0.15, 0.2) is 0 Å². The second kappa shape index (κ2) is 19.6. The van der Waals surface area contributed by atoms with E-state index in [1.165, 1.54) is 0 Å². The van der Waals surface area contributed by atoms with Crippen LogP contribution in [-0.2, 0) is 9.47 Å². The molecule has 2 aliphatic rings. The minimum Gasteiger partial charge on any atom is -0.491 e. The molecule has 0 spiro atoms. The minimum atomic E-state index is -0.525. The quantitative estimate of drug-likeness (QED) is 0.0759. The predicted molar refractivity (Wildman–Crippen MR) is 209 cm³/mol. The van der Waals surface area contributed by atoms with E-state index >= 15 is 0 Å². The normalized spacial score (nSPS) is 18.5. The lowest BCUT2D eigenvalue weighted by molar-refractivity contribution is 0.126. The van der Waals surface area contributed by atoms with E-state index in [1.807, 2.05) is 48.5 Å². The second-order valence-electron chi connectivity index (χ2n) is 13.0. The van der Waals surface area contributed by atoms with Crippen LogP contribution in [0.15, 0.2) is 97.1 Å². The summed E-state index contributed by atoms with van der Waals surface area (Å²) in [4.78, 5) is 0. The van der Waals surface area contributed by atoms with Gasteiger partial charge in [-0.15, -0.1) is 0 Å². The first-order valence-electron chi connectivity index (χ1n) is 18.1. The molecular formula is C42H50O8S2. The van der Waals surface area contributed by atoms with E-state index in [4.69, 9.17) is 28.4 Å². The summed E-state index contributed by atoms with van der Waals surface area (Å²) in [7, 11) is 0. The summed E-state index contributed by atoms with van der Waals surface area (Å²) in [5.74, 6) is 6.07. The summed E-state index contributed by atoms with van der Waals surface area (Å²) in [5, 5.41) is 20.7. The summed E-state index contributed by atoms with van der Waals surface area (Å²) >= 11 is 3.40. The van der Waals surface area contributed by atoms with Crippen molar-refractivity contribution in [2.24, 2.45) is 0 Å². The molecule has 52 heavy (non-hydrogen) atoms. The highest BCUT2D eigenvalue weighted by atomic mass is 32.2. The molecule has 4 aromatic rings. The molecule has 10 heteroatoms. The van der Waals surface area contributed by atoms with Gasteiger partial charge in [0, 0.05) is 23.3 Å². The fourth-order valence-electron chi connectivity index (χ4n) is 5.94. The molecule has 2 aliphatic heterocycles. The first-order valence-corrected chi connectivity index (χ1v) is 20.5. The molecule has 4 aromatic carbocycles. The SMILES string of the molecule is CCSCC(O)COc1ccc(C(c2ccc(OCC3CO3)cc2)C(c2ccc(OCC(O)CSCC)cc2)c2ccc(OCC3CO3)cc2)cc1. The molecule has 2 fully saturated rings. The Kier molecular flexibility index (Phi) is 14.5. The molecule has 0 amide bonds. The van der Waals surface area contributed by atoms with Crippen molar-refractivity contribution in [2.45, 2.75) is 50.1 Å². The predicted octanol–water partition coefficient (Wildman–Crippen LogP) is 7.19. The number of epoxide rings is 2. The maximum atomic E-state index is 10.3.